The Balaban J connectivity index is 1.41. The molecule has 0 bridgehead atoms. The van der Waals surface area contributed by atoms with Crippen molar-refractivity contribution >= 4 is 50.4 Å². The van der Waals surface area contributed by atoms with Gasteiger partial charge in [-0.2, -0.15) is 0 Å². The lowest BCUT2D eigenvalue weighted by atomic mass is 9.79. The van der Waals surface area contributed by atoms with Gasteiger partial charge in [0, 0.05) is 34.0 Å². The fraction of sp³-hybridized carbons (Fsp3) is 0.370. The van der Waals surface area contributed by atoms with Crippen molar-refractivity contribution in [1.29, 1.82) is 0 Å². The summed E-state index contributed by atoms with van der Waals surface area (Å²) in [5.41, 5.74) is 3.29. The first-order valence-corrected chi connectivity index (χ1v) is 11.9. The van der Waals surface area contributed by atoms with Gasteiger partial charge < -0.3 is 15.6 Å². The third-order valence-corrected chi connectivity index (χ3v) is 6.89. The lowest BCUT2D eigenvalue weighted by Crippen LogP contribution is -2.62. The molecule has 1 aromatic heterocycles. The smallest absolute Gasteiger partial charge is 0.252 e. The number of allylic oxidation sites excluding steroid dienone is 3. The lowest BCUT2D eigenvalue weighted by molar-refractivity contribution is -0.118. The summed E-state index contributed by atoms with van der Waals surface area (Å²) in [5.74, 6) is 0.670. The Labute approximate surface area is 199 Å². The number of H-pyrrole nitrogens is 1. The van der Waals surface area contributed by atoms with Crippen LogP contribution >= 0.6 is 12.2 Å². The van der Waals surface area contributed by atoms with Gasteiger partial charge in [0.15, 0.2) is 0 Å². The second-order valence-electron chi connectivity index (χ2n) is 10.6. The second-order valence-corrected chi connectivity index (χ2v) is 11.1. The van der Waals surface area contributed by atoms with E-state index in [-0.39, 0.29) is 23.0 Å². The maximum absolute atomic E-state index is 13.3. The highest BCUT2D eigenvalue weighted by Crippen LogP contribution is 2.30. The number of aromatic nitrogens is 2. The van der Waals surface area contributed by atoms with E-state index in [4.69, 9.17) is 17.2 Å². The van der Waals surface area contributed by atoms with Crippen LogP contribution in [0.15, 0.2) is 54.1 Å². The third kappa shape index (κ3) is 4.50. The highest BCUT2D eigenvalue weighted by atomic mass is 32.1. The first-order chi connectivity index (χ1) is 15.6. The van der Waals surface area contributed by atoms with Crippen molar-refractivity contribution in [3.8, 4) is 0 Å². The van der Waals surface area contributed by atoms with E-state index in [9.17, 15) is 4.79 Å². The van der Waals surface area contributed by atoms with E-state index in [1.165, 1.54) is 5.39 Å². The molecule has 5 rings (SSSR count). The van der Waals surface area contributed by atoms with E-state index in [1.54, 1.807) is 0 Å². The first kappa shape index (κ1) is 22.0. The van der Waals surface area contributed by atoms with Crippen LogP contribution in [-0.4, -0.2) is 37.9 Å². The number of rotatable bonds is 3. The molecule has 3 aromatic rings. The highest BCUT2D eigenvalue weighted by Gasteiger charge is 2.38. The summed E-state index contributed by atoms with van der Waals surface area (Å²) < 4.78 is 0. The van der Waals surface area contributed by atoms with Gasteiger partial charge in [-0.25, -0.2) is 4.98 Å². The van der Waals surface area contributed by atoms with Crippen LogP contribution in [0.2, 0.25) is 0 Å². The summed E-state index contributed by atoms with van der Waals surface area (Å²) in [4.78, 5) is 22.2. The monoisotopic (exact) mass is 458 g/mol. The molecule has 0 atom stereocenters. The Hall–Kier alpha value is -2.83. The SMILES string of the molecule is CC1(C)CC(NC(=O)C2=CC(c3nc4cc5ccccc5cc4[nH]3)=CCC2=S)CC(C)(C)N1. The van der Waals surface area contributed by atoms with Crippen molar-refractivity contribution in [1.82, 2.24) is 20.6 Å². The molecule has 2 heterocycles. The molecule has 0 spiro atoms. The molecule has 0 radical (unpaired) electrons. The number of thiocarbonyl (C=S) groups is 1. The van der Waals surface area contributed by atoms with Crippen molar-refractivity contribution < 1.29 is 4.79 Å². The third-order valence-electron chi connectivity index (χ3n) is 6.50. The number of carbonyl (C=O) groups excluding carboxylic acids is 1. The molecule has 3 N–H and O–H groups in total. The van der Waals surface area contributed by atoms with Gasteiger partial charge in [0.05, 0.1) is 16.6 Å². The van der Waals surface area contributed by atoms with Gasteiger partial charge in [0.2, 0.25) is 0 Å². The van der Waals surface area contributed by atoms with Crippen LogP contribution in [0, 0.1) is 0 Å². The quantitative estimate of drug-likeness (QED) is 0.471. The molecule has 0 unspecified atom stereocenters. The predicted octanol–water partition coefficient (Wildman–Crippen LogP) is 5.22. The van der Waals surface area contributed by atoms with Crippen LogP contribution in [0.5, 0.6) is 0 Å². The molecule has 170 valence electrons. The highest BCUT2D eigenvalue weighted by molar-refractivity contribution is 7.81. The standard InChI is InChI=1S/C27H30N4OS/c1-26(2)14-19(15-27(3,4)31-26)28-25(32)20-11-18(9-10-23(20)33)24-29-21-12-16-7-5-6-8-17(16)13-22(21)30-24/h5-9,11-13,19,31H,10,14-15H2,1-4H3,(H,28,32)(H,29,30). The number of nitrogens with one attached hydrogen (secondary N) is 3. The lowest BCUT2D eigenvalue weighted by Gasteiger charge is -2.46. The molecule has 33 heavy (non-hydrogen) atoms. The van der Waals surface area contributed by atoms with Crippen molar-refractivity contribution in [2.24, 2.45) is 0 Å². The van der Waals surface area contributed by atoms with E-state index in [0.29, 0.717) is 16.9 Å². The number of imidazole rings is 1. The number of aromatic amines is 1. The fourth-order valence-corrected chi connectivity index (χ4v) is 5.72. The van der Waals surface area contributed by atoms with Crippen LogP contribution in [-0.2, 0) is 4.79 Å². The molecule has 1 amide bonds. The Kier molecular flexibility index (Phi) is 5.26. The molecule has 2 aliphatic rings. The van der Waals surface area contributed by atoms with Gasteiger partial charge in [-0.1, -0.05) is 42.6 Å². The molecule has 1 saturated heterocycles. The van der Waals surface area contributed by atoms with Crippen molar-refractivity contribution in [3.05, 3.63) is 59.9 Å². The van der Waals surface area contributed by atoms with Crippen molar-refractivity contribution in [3.63, 3.8) is 0 Å². The minimum atomic E-state index is -0.0917. The summed E-state index contributed by atoms with van der Waals surface area (Å²) in [6.45, 7) is 8.74. The minimum Gasteiger partial charge on any atom is -0.349 e. The molecule has 1 aliphatic carbocycles. The van der Waals surface area contributed by atoms with Gasteiger partial charge in [0.25, 0.3) is 5.91 Å². The number of hydrogen-bond acceptors (Lipinski definition) is 4. The van der Waals surface area contributed by atoms with Gasteiger partial charge in [-0.15, -0.1) is 0 Å². The van der Waals surface area contributed by atoms with E-state index in [0.717, 1.165) is 40.7 Å². The van der Waals surface area contributed by atoms with Gasteiger partial charge in [-0.3, -0.25) is 4.79 Å². The molecule has 1 aliphatic heterocycles. The van der Waals surface area contributed by atoms with E-state index >= 15 is 0 Å². The number of nitrogens with zero attached hydrogens (tertiary/aromatic N) is 1. The summed E-state index contributed by atoms with van der Waals surface area (Å²) in [7, 11) is 0. The number of fused-ring (bicyclic) bond motifs is 2. The second kappa shape index (κ2) is 7.89. The number of piperidine rings is 1. The maximum atomic E-state index is 13.3. The predicted molar refractivity (Wildman–Crippen MR) is 139 cm³/mol. The topological polar surface area (TPSA) is 69.8 Å². The summed E-state index contributed by atoms with van der Waals surface area (Å²) in [6, 6.07) is 12.6. The summed E-state index contributed by atoms with van der Waals surface area (Å²) in [6.07, 6.45) is 6.25. The van der Waals surface area contributed by atoms with E-state index in [2.05, 4.69) is 67.6 Å². The largest absolute Gasteiger partial charge is 0.349 e. The number of hydrogen-bond donors (Lipinski definition) is 3. The zero-order valence-corrected chi connectivity index (χ0v) is 20.4. The Morgan fingerprint density at radius 2 is 1.76 bits per heavy atom. The number of benzene rings is 2. The normalized spacial score (nSPS) is 20.5. The van der Waals surface area contributed by atoms with Crippen LogP contribution < -0.4 is 10.6 Å². The van der Waals surface area contributed by atoms with Crippen LogP contribution in [0.25, 0.3) is 27.4 Å². The van der Waals surface area contributed by atoms with Crippen molar-refractivity contribution in [2.75, 3.05) is 0 Å². The van der Waals surface area contributed by atoms with Crippen molar-refractivity contribution in [2.45, 2.75) is 64.1 Å². The Morgan fingerprint density at radius 1 is 1.09 bits per heavy atom. The summed E-state index contributed by atoms with van der Waals surface area (Å²) in [5, 5.41) is 9.25. The van der Waals surface area contributed by atoms with Crippen LogP contribution in [0.4, 0.5) is 0 Å². The minimum absolute atomic E-state index is 0.0377. The molecule has 2 aromatic carbocycles. The molecule has 0 saturated carbocycles. The Morgan fingerprint density at radius 3 is 2.45 bits per heavy atom. The molecule has 6 heteroatoms. The first-order valence-electron chi connectivity index (χ1n) is 11.5. The fourth-order valence-electron chi connectivity index (χ4n) is 5.49. The Bertz CT molecular complexity index is 1280. The molecular formula is C27H30N4OS. The zero-order chi connectivity index (χ0) is 23.4. The van der Waals surface area contributed by atoms with Crippen LogP contribution in [0.3, 0.4) is 0 Å². The van der Waals surface area contributed by atoms with Gasteiger partial charge in [0.1, 0.15) is 5.82 Å². The molecular weight excluding hydrogens is 428 g/mol. The van der Waals surface area contributed by atoms with E-state index in [1.807, 2.05) is 24.3 Å². The average molecular weight is 459 g/mol. The van der Waals surface area contributed by atoms with E-state index < -0.39 is 0 Å². The van der Waals surface area contributed by atoms with Crippen LogP contribution in [0.1, 0.15) is 52.8 Å². The average Bonchev–Trinajstić information content (AvgIpc) is 3.12. The molecule has 5 nitrogen and oxygen atoms in total. The van der Waals surface area contributed by atoms with Gasteiger partial charge in [-0.05, 0) is 69.5 Å². The molecule has 1 fully saturated rings. The maximum Gasteiger partial charge on any atom is 0.252 e. The van der Waals surface area contributed by atoms with Gasteiger partial charge >= 0.3 is 0 Å². The zero-order valence-electron chi connectivity index (χ0n) is 19.6. The summed E-state index contributed by atoms with van der Waals surface area (Å²) >= 11 is 5.57. The number of amides is 1. The number of carbonyl (C=O) groups is 1.